The van der Waals surface area contributed by atoms with E-state index in [1.807, 2.05) is 0 Å². The summed E-state index contributed by atoms with van der Waals surface area (Å²) in [4.78, 5) is 22.5. The molecule has 21 heavy (non-hydrogen) atoms. The van der Waals surface area contributed by atoms with E-state index in [2.05, 4.69) is 5.32 Å². The molecule has 1 aromatic carbocycles. The van der Waals surface area contributed by atoms with Crippen LogP contribution in [0.15, 0.2) is 29.2 Å². The van der Waals surface area contributed by atoms with E-state index in [-0.39, 0.29) is 30.2 Å². The van der Waals surface area contributed by atoms with Crippen LogP contribution in [0, 0.1) is 0 Å². The van der Waals surface area contributed by atoms with Crippen molar-refractivity contribution in [2.45, 2.75) is 30.3 Å². The summed E-state index contributed by atoms with van der Waals surface area (Å²) in [6.07, 6.45) is 1.37. The second kappa shape index (κ2) is 7.19. The maximum absolute atomic E-state index is 11.7. The van der Waals surface area contributed by atoms with Crippen molar-refractivity contribution in [3.63, 3.8) is 0 Å². The van der Waals surface area contributed by atoms with Crippen LogP contribution in [0.4, 0.5) is 0 Å². The minimum absolute atomic E-state index is 0.0532. The number of primary amides is 1. The maximum Gasteiger partial charge on any atom is 0.237 e. The number of carbonyl (C=O) groups is 2. The van der Waals surface area contributed by atoms with E-state index in [1.165, 1.54) is 12.1 Å². The molecule has 2 amide bonds. The number of carbonyl (C=O) groups excluding carboxylic acids is 2. The maximum atomic E-state index is 11.7. The summed E-state index contributed by atoms with van der Waals surface area (Å²) in [5.74, 6) is -0.891. The lowest BCUT2D eigenvalue weighted by atomic mass is 10.1. The van der Waals surface area contributed by atoms with E-state index in [9.17, 15) is 18.0 Å². The molecule has 0 saturated heterocycles. The van der Waals surface area contributed by atoms with Gasteiger partial charge in [-0.1, -0.05) is 12.1 Å². The van der Waals surface area contributed by atoms with Gasteiger partial charge in [0.2, 0.25) is 11.8 Å². The summed E-state index contributed by atoms with van der Waals surface area (Å²) in [6.45, 7) is 0.229. The van der Waals surface area contributed by atoms with Crippen molar-refractivity contribution in [1.82, 2.24) is 5.32 Å². The second-order valence-electron chi connectivity index (χ2n) is 4.75. The van der Waals surface area contributed by atoms with Gasteiger partial charge >= 0.3 is 0 Å². The second-order valence-corrected chi connectivity index (χ2v) is 6.76. The Morgan fingerprint density at radius 3 is 2.29 bits per heavy atom. The Kier molecular flexibility index (Phi) is 5.86. The fourth-order valence-electron chi connectivity index (χ4n) is 1.60. The molecule has 5 N–H and O–H groups in total. The zero-order valence-corrected chi connectivity index (χ0v) is 12.5. The van der Waals surface area contributed by atoms with E-state index in [0.29, 0.717) is 0 Å². The molecule has 0 aliphatic rings. The third-order valence-electron chi connectivity index (χ3n) is 2.86. The van der Waals surface area contributed by atoms with Crippen molar-refractivity contribution in [3.8, 4) is 0 Å². The number of benzene rings is 1. The van der Waals surface area contributed by atoms with E-state index >= 15 is 0 Å². The molecule has 0 saturated carbocycles. The van der Waals surface area contributed by atoms with Crippen molar-refractivity contribution < 1.29 is 18.0 Å². The quantitative estimate of drug-likeness (QED) is 0.612. The first-order valence-corrected chi connectivity index (χ1v) is 8.20. The van der Waals surface area contributed by atoms with E-state index in [1.54, 1.807) is 12.1 Å². The number of hydrogen-bond acceptors (Lipinski definition) is 5. The van der Waals surface area contributed by atoms with Crippen molar-refractivity contribution in [3.05, 3.63) is 29.8 Å². The number of hydrogen-bond donors (Lipinski definition) is 3. The molecule has 0 fully saturated rings. The van der Waals surface area contributed by atoms with Crippen LogP contribution in [0.5, 0.6) is 0 Å². The highest BCUT2D eigenvalue weighted by Crippen LogP contribution is 2.10. The molecule has 0 spiro atoms. The van der Waals surface area contributed by atoms with Gasteiger partial charge in [0, 0.05) is 19.2 Å². The van der Waals surface area contributed by atoms with Gasteiger partial charge in [-0.15, -0.1) is 0 Å². The SMILES string of the molecule is CS(=O)(=O)c1ccc(CNC(=O)C(N)CCC(N)=O)cc1. The predicted molar refractivity (Wildman–Crippen MR) is 77.8 cm³/mol. The molecular formula is C13H19N3O4S. The minimum atomic E-state index is -3.23. The van der Waals surface area contributed by atoms with E-state index < -0.39 is 21.8 Å². The summed E-state index contributed by atoms with van der Waals surface area (Å²) >= 11 is 0. The predicted octanol–water partition coefficient (Wildman–Crippen LogP) is -0.701. The summed E-state index contributed by atoms with van der Waals surface area (Å²) in [5, 5.41) is 2.62. The topological polar surface area (TPSA) is 132 Å². The first kappa shape index (κ1) is 17.1. The van der Waals surface area contributed by atoms with Gasteiger partial charge in [0.1, 0.15) is 0 Å². The Balaban J connectivity index is 2.51. The highest BCUT2D eigenvalue weighted by atomic mass is 32.2. The van der Waals surface area contributed by atoms with Gasteiger partial charge in [0.05, 0.1) is 10.9 Å². The molecule has 7 nitrogen and oxygen atoms in total. The van der Waals surface area contributed by atoms with Crippen LogP contribution in [0.1, 0.15) is 18.4 Å². The zero-order chi connectivity index (χ0) is 16.0. The Morgan fingerprint density at radius 2 is 1.81 bits per heavy atom. The van der Waals surface area contributed by atoms with Crippen LogP contribution in [-0.2, 0) is 26.0 Å². The fourth-order valence-corrected chi connectivity index (χ4v) is 2.23. The number of nitrogens with one attached hydrogen (secondary N) is 1. The zero-order valence-electron chi connectivity index (χ0n) is 11.7. The van der Waals surface area contributed by atoms with Gasteiger partial charge in [-0.2, -0.15) is 0 Å². The molecule has 0 radical (unpaired) electrons. The van der Waals surface area contributed by atoms with E-state index in [4.69, 9.17) is 11.5 Å². The Hall–Kier alpha value is -1.93. The van der Waals surface area contributed by atoms with Gasteiger partial charge in [-0.05, 0) is 24.1 Å². The van der Waals surface area contributed by atoms with Gasteiger partial charge in [-0.25, -0.2) is 8.42 Å². The number of nitrogens with two attached hydrogens (primary N) is 2. The Labute approximate surface area is 123 Å². The van der Waals surface area contributed by atoms with Crippen molar-refractivity contribution in [1.29, 1.82) is 0 Å². The lowest BCUT2D eigenvalue weighted by Crippen LogP contribution is -2.40. The molecule has 1 atom stereocenters. The minimum Gasteiger partial charge on any atom is -0.370 e. The first-order chi connectivity index (χ1) is 9.70. The standard InChI is InChI=1S/C13H19N3O4S/c1-21(19,20)10-4-2-9(3-5-10)8-16-13(18)11(14)6-7-12(15)17/h2-5,11H,6-8,14H2,1H3,(H2,15,17)(H,16,18). The van der Waals surface area contributed by atoms with Crippen molar-refractivity contribution >= 4 is 21.7 Å². The van der Waals surface area contributed by atoms with Gasteiger partial charge in [0.25, 0.3) is 0 Å². The van der Waals surface area contributed by atoms with Crippen LogP contribution in [0.3, 0.4) is 0 Å². The molecule has 0 aliphatic carbocycles. The van der Waals surface area contributed by atoms with Gasteiger partial charge in [0.15, 0.2) is 9.84 Å². The van der Waals surface area contributed by atoms with Crippen LogP contribution < -0.4 is 16.8 Å². The molecule has 0 aromatic heterocycles. The van der Waals surface area contributed by atoms with Crippen molar-refractivity contribution in [2.24, 2.45) is 11.5 Å². The lowest BCUT2D eigenvalue weighted by molar-refractivity contribution is -0.123. The van der Waals surface area contributed by atoms with Crippen LogP contribution in [0.25, 0.3) is 0 Å². The lowest BCUT2D eigenvalue weighted by Gasteiger charge is -2.11. The molecule has 116 valence electrons. The molecule has 0 aliphatic heterocycles. The highest BCUT2D eigenvalue weighted by molar-refractivity contribution is 7.90. The Bertz CT molecular complexity index is 611. The van der Waals surface area contributed by atoms with Crippen molar-refractivity contribution in [2.75, 3.05) is 6.26 Å². The number of sulfone groups is 1. The smallest absolute Gasteiger partial charge is 0.237 e. The summed E-state index contributed by atoms with van der Waals surface area (Å²) in [7, 11) is -3.23. The van der Waals surface area contributed by atoms with Gasteiger partial charge < -0.3 is 16.8 Å². The molecule has 0 bridgehead atoms. The first-order valence-electron chi connectivity index (χ1n) is 6.30. The normalized spacial score (nSPS) is 12.7. The van der Waals surface area contributed by atoms with Crippen LogP contribution in [0.2, 0.25) is 0 Å². The number of rotatable bonds is 7. The molecular weight excluding hydrogens is 294 g/mol. The average molecular weight is 313 g/mol. The number of amides is 2. The molecule has 1 aromatic rings. The summed E-state index contributed by atoms with van der Waals surface area (Å²) in [6, 6.07) is 5.39. The third-order valence-corrected chi connectivity index (χ3v) is 3.99. The Morgan fingerprint density at radius 1 is 1.24 bits per heavy atom. The largest absolute Gasteiger partial charge is 0.370 e. The van der Waals surface area contributed by atoms with Crippen LogP contribution >= 0.6 is 0 Å². The molecule has 0 heterocycles. The fraction of sp³-hybridized carbons (Fsp3) is 0.385. The van der Waals surface area contributed by atoms with E-state index in [0.717, 1.165) is 11.8 Å². The third kappa shape index (κ3) is 5.92. The summed E-state index contributed by atoms with van der Waals surface area (Å²) < 4.78 is 22.6. The van der Waals surface area contributed by atoms with Gasteiger partial charge in [-0.3, -0.25) is 9.59 Å². The molecule has 1 unspecified atom stereocenters. The monoisotopic (exact) mass is 313 g/mol. The average Bonchev–Trinajstić information content (AvgIpc) is 2.41. The summed E-state index contributed by atoms with van der Waals surface area (Å²) in [5.41, 5.74) is 11.3. The molecule has 1 rings (SSSR count). The highest BCUT2D eigenvalue weighted by Gasteiger charge is 2.14. The molecule has 8 heteroatoms. The van der Waals surface area contributed by atoms with Crippen LogP contribution in [-0.4, -0.2) is 32.5 Å².